The zero-order valence-electron chi connectivity index (χ0n) is 16.1. The van der Waals surface area contributed by atoms with Crippen LogP contribution in [0.2, 0.25) is 0 Å². The summed E-state index contributed by atoms with van der Waals surface area (Å²) in [4.78, 5) is 24.6. The third-order valence-electron chi connectivity index (χ3n) is 4.51. The maximum absolute atomic E-state index is 12.4. The lowest BCUT2D eigenvalue weighted by Gasteiger charge is -2.09. The van der Waals surface area contributed by atoms with Gasteiger partial charge in [0, 0.05) is 36.6 Å². The van der Waals surface area contributed by atoms with Crippen LogP contribution in [0.1, 0.15) is 22.3 Å². The van der Waals surface area contributed by atoms with Crippen molar-refractivity contribution in [2.24, 2.45) is 7.05 Å². The van der Waals surface area contributed by atoms with E-state index in [2.05, 4.69) is 10.9 Å². The fourth-order valence-electron chi connectivity index (χ4n) is 3.05. The fraction of sp³-hybridized carbons (Fsp3) is 0.238. The summed E-state index contributed by atoms with van der Waals surface area (Å²) in [5.41, 5.74) is 7.33. The highest BCUT2D eigenvalue weighted by atomic mass is 16.5. The Bertz CT molecular complexity index is 988. The summed E-state index contributed by atoms with van der Waals surface area (Å²) in [6.45, 7) is 0. The van der Waals surface area contributed by atoms with Gasteiger partial charge in [0.2, 0.25) is 5.91 Å². The topological polar surface area (TPSA) is 81.6 Å². The Morgan fingerprint density at radius 3 is 2.36 bits per heavy atom. The minimum atomic E-state index is -0.354. The van der Waals surface area contributed by atoms with Crippen LogP contribution >= 0.6 is 0 Å². The molecule has 2 N–H and O–H groups in total. The number of carbonyl (C=O) groups is 2. The first-order valence-corrected chi connectivity index (χ1v) is 8.87. The van der Waals surface area contributed by atoms with Crippen molar-refractivity contribution < 1.29 is 19.1 Å². The van der Waals surface area contributed by atoms with Gasteiger partial charge in [0.25, 0.3) is 5.91 Å². The van der Waals surface area contributed by atoms with Crippen LogP contribution in [0.25, 0.3) is 10.9 Å². The summed E-state index contributed by atoms with van der Waals surface area (Å²) >= 11 is 0. The lowest BCUT2D eigenvalue weighted by atomic mass is 10.1. The third kappa shape index (κ3) is 4.25. The molecule has 1 heterocycles. The number of methoxy groups -OCH3 is 2. The van der Waals surface area contributed by atoms with Crippen molar-refractivity contribution in [3.63, 3.8) is 0 Å². The van der Waals surface area contributed by atoms with E-state index in [0.717, 1.165) is 16.5 Å². The molecule has 3 aromatic rings. The van der Waals surface area contributed by atoms with E-state index in [1.807, 2.05) is 48.0 Å². The van der Waals surface area contributed by atoms with Gasteiger partial charge >= 0.3 is 0 Å². The Balaban J connectivity index is 1.58. The minimum Gasteiger partial charge on any atom is -0.497 e. The number of hydrogen-bond donors (Lipinski definition) is 2. The molecular formula is C21H23N3O4. The molecule has 0 fully saturated rings. The number of ether oxygens (including phenoxy) is 2. The van der Waals surface area contributed by atoms with Crippen LogP contribution in [-0.2, 0) is 18.3 Å². The molecule has 28 heavy (non-hydrogen) atoms. The number of rotatable bonds is 6. The Kier molecular flexibility index (Phi) is 5.84. The van der Waals surface area contributed by atoms with Crippen molar-refractivity contribution in [2.75, 3.05) is 14.2 Å². The molecule has 0 saturated heterocycles. The second-order valence-corrected chi connectivity index (χ2v) is 6.39. The summed E-state index contributed by atoms with van der Waals surface area (Å²) < 4.78 is 12.3. The third-order valence-corrected chi connectivity index (χ3v) is 4.51. The Morgan fingerprint density at radius 1 is 1.00 bits per heavy atom. The van der Waals surface area contributed by atoms with Gasteiger partial charge < -0.3 is 14.0 Å². The number of hydrogen-bond acceptors (Lipinski definition) is 4. The molecule has 0 spiro atoms. The summed E-state index contributed by atoms with van der Waals surface area (Å²) in [6, 6.07) is 13.1. The summed E-state index contributed by atoms with van der Waals surface area (Å²) in [7, 11) is 5.03. The Labute approximate surface area is 163 Å². The molecule has 0 aliphatic rings. The van der Waals surface area contributed by atoms with Crippen molar-refractivity contribution in [3.8, 4) is 11.5 Å². The molecule has 1 aromatic heterocycles. The monoisotopic (exact) mass is 381 g/mol. The number of hydrazine groups is 1. The van der Waals surface area contributed by atoms with E-state index >= 15 is 0 Å². The van der Waals surface area contributed by atoms with Gasteiger partial charge in [-0.25, -0.2) is 0 Å². The average molecular weight is 381 g/mol. The van der Waals surface area contributed by atoms with Crippen LogP contribution in [0.4, 0.5) is 0 Å². The van der Waals surface area contributed by atoms with Crippen molar-refractivity contribution in [3.05, 3.63) is 59.8 Å². The zero-order valence-corrected chi connectivity index (χ0v) is 16.1. The number of amides is 2. The number of carbonyl (C=O) groups excluding carboxylic acids is 2. The summed E-state index contributed by atoms with van der Waals surface area (Å²) in [5.74, 6) is 0.696. The van der Waals surface area contributed by atoms with Crippen LogP contribution < -0.4 is 20.3 Å². The fourth-order valence-corrected chi connectivity index (χ4v) is 3.05. The Morgan fingerprint density at radius 2 is 1.68 bits per heavy atom. The molecule has 0 radical (unpaired) electrons. The smallest absolute Gasteiger partial charge is 0.271 e. The first kappa shape index (κ1) is 19.3. The quantitative estimate of drug-likeness (QED) is 0.643. The molecule has 0 unspecified atom stereocenters. The number of fused-ring (bicyclic) bond motifs is 1. The highest BCUT2D eigenvalue weighted by Gasteiger charge is 2.14. The van der Waals surface area contributed by atoms with Crippen LogP contribution in [-0.4, -0.2) is 30.6 Å². The standard InChI is InChI=1S/C21H23N3O4/c1-24-13-18(17-6-4-5-7-19(17)24)21(26)23-22-20(25)9-8-14-10-15(27-2)12-16(11-14)28-3/h4-7,10-13H,8-9H2,1-3H3,(H,22,25)(H,23,26). The Hall–Kier alpha value is -3.48. The van der Waals surface area contributed by atoms with E-state index in [0.29, 0.717) is 23.5 Å². The van der Waals surface area contributed by atoms with Crippen molar-refractivity contribution in [2.45, 2.75) is 12.8 Å². The largest absolute Gasteiger partial charge is 0.497 e. The van der Waals surface area contributed by atoms with Crippen LogP contribution in [0, 0.1) is 0 Å². The van der Waals surface area contributed by atoms with Gasteiger partial charge in [-0.05, 0) is 30.2 Å². The predicted octanol–water partition coefficient (Wildman–Crippen LogP) is 2.59. The molecule has 0 aliphatic heterocycles. The van der Waals surface area contributed by atoms with Crippen molar-refractivity contribution in [1.29, 1.82) is 0 Å². The maximum atomic E-state index is 12.4. The minimum absolute atomic E-state index is 0.214. The van der Waals surface area contributed by atoms with Gasteiger partial charge in [0.05, 0.1) is 19.8 Å². The molecule has 0 aliphatic carbocycles. The number of aryl methyl sites for hydroxylation is 2. The van der Waals surface area contributed by atoms with E-state index < -0.39 is 0 Å². The van der Waals surface area contributed by atoms with E-state index in [1.54, 1.807) is 26.5 Å². The lowest BCUT2D eigenvalue weighted by Crippen LogP contribution is -2.41. The molecular weight excluding hydrogens is 358 g/mol. The van der Waals surface area contributed by atoms with Crippen molar-refractivity contribution in [1.82, 2.24) is 15.4 Å². The molecule has 3 rings (SSSR count). The van der Waals surface area contributed by atoms with E-state index in [1.165, 1.54) is 0 Å². The second-order valence-electron chi connectivity index (χ2n) is 6.39. The zero-order chi connectivity index (χ0) is 20.1. The molecule has 146 valence electrons. The highest BCUT2D eigenvalue weighted by Crippen LogP contribution is 2.23. The van der Waals surface area contributed by atoms with E-state index in [9.17, 15) is 9.59 Å². The number of nitrogens with zero attached hydrogens (tertiary/aromatic N) is 1. The molecule has 2 amide bonds. The predicted molar refractivity (Wildman–Crippen MR) is 106 cm³/mol. The van der Waals surface area contributed by atoms with Gasteiger partial charge in [-0.2, -0.15) is 0 Å². The second kappa shape index (κ2) is 8.47. The van der Waals surface area contributed by atoms with Crippen LogP contribution in [0.3, 0.4) is 0 Å². The summed E-state index contributed by atoms with van der Waals surface area (Å²) in [6.07, 6.45) is 2.45. The molecule has 0 atom stereocenters. The molecule has 7 heteroatoms. The number of nitrogens with one attached hydrogen (secondary N) is 2. The normalized spacial score (nSPS) is 10.5. The molecule has 0 saturated carbocycles. The number of para-hydroxylation sites is 1. The first-order valence-electron chi connectivity index (χ1n) is 8.87. The molecule has 2 aromatic carbocycles. The average Bonchev–Trinajstić information content (AvgIpc) is 3.07. The SMILES string of the molecule is COc1cc(CCC(=O)NNC(=O)c2cn(C)c3ccccc23)cc(OC)c1. The summed E-state index contributed by atoms with van der Waals surface area (Å²) in [5, 5.41) is 0.834. The van der Waals surface area contributed by atoms with Crippen molar-refractivity contribution >= 4 is 22.7 Å². The van der Waals surface area contributed by atoms with Gasteiger partial charge in [-0.1, -0.05) is 18.2 Å². The van der Waals surface area contributed by atoms with E-state index in [4.69, 9.17) is 9.47 Å². The van der Waals surface area contributed by atoms with Crippen LogP contribution in [0.5, 0.6) is 11.5 Å². The maximum Gasteiger partial charge on any atom is 0.271 e. The van der Waals surface area contributed by atoms with E-state index in [-0.39, 0.29) is 18.2 Å². The highest BCUT2D eigenvalue weighted by molar-refractivity contribution is 6.07. The molecule has 0 bridgehead atoms. The van der Waals surface area contributed by atoms with Crippen LogP contribution in [0.15, 0.2) is 48.7 Å². The first-order chi connectivity index (χ1) is 13.5. The van der Waals surface area contributed by atoms with Gasteiger partial charge in [0.1, 0.15) is 11.5 Å². The van der Waals surface area contributed by atoms with Gasteiger partial charge in [0.15, 0.2) is 0 Å². The number of aromatic nitrogens is 1. The van der Waals surface area contributed by atoms with Gasteiger partial charge in [-0.15, -0.1) is 0 Å². The molecule has 7 nitrogen and oxygen atoms in total. The van der Waals surface area contributed by atoms with Gasteiger partial charge in [-0.3, -0.25) is 20.4 Å². The lowest BCUT2D eigenvalue weighted by molar-refractivity contribution is -0.121. The number of benzene rings is 2.